The molecule has 17 heavy (non-hydrogen) atoms. The fourth-order valence-electron chi connectivity index (χ4n) is 1.94. The van der Waals surface area contributed by atoms with Gasteiger partial charge in [-0.2, -0.15) is 0 Å². The Morgan fingerprint density at radius 2 is 1.71 bits per heavy atom. The van der Waals surface area contributed by atoms with Gasteiger partial charge in [0.2, 0.25) is 0 Å². The van der Waals surface area contributed by atoms with E-state index in [1.807, 2.05) is 24.3 Å². The van der Waals surface area contributed by atoms with Crippen LogP contribution in [0.4, 0.5) is 0 Å². The lowest BCUT2D eigenvalue weighted by atomic mass is 9.90. The molecule has 0 aliphatic heterocycles. The Kier molecular flexibility index (Phi) is 6.57. The van der Waals surface area contributed by atoms with E-state index in [1.54, 1.807) is 0 Å². The molecule has 0 N–H and O–H groups in total. The Bertz CT molecular complexity index is 311. The van der Waals surface area contributed by atoms with Gasteiger partial charge in [0, 0.05) is 9.30 Å². The monoisotopic (exact) mass is 362 g/mol. The van der Waals surface area contributed by atoms with E-state index in [1.165, 1.54) is 0 Å². The van der Waals surface area contributed by atoms with Crippen LogP contribution in [0, 0.1) is 11.8 Å². The lowest BCUT2D eigenvalue weighted by molar-refractivity contribution is 0.249. The van der Waals surface area contributed by atoms with Crippen LogP contribution >= 0.6 is 31.9 Å². The molecule has 0 aliphatic rings. The second-order valence-corrected chi connectivity index (χ2v) is 7.04. The highest BCUT2D eigenvalue weighted by atomic mass is 79.9. The molecule has 0 saturated carbocycles. The summed E-state index contributed by atoms with van der Waals surface area (Å²) in [4.78, 5) is 0.538. The summed E-state index contributed by atoms with van der Waals surface area (Å²) in [5.74, 6) is 2.28. The zero-order valence-electron chi connectivity index (χ0n) is 10.6. The summed E-state index contributed by atoms with van der Waals surface area (Å²) < 4.78 is 6.83. The van der Waals surface area contributed by atoms with Crippen molar-refractivity contribution < 1.29 is 4.74 Å². The molecule has 0 bridgehead atoms. The van der Waals surface area contributed by atoms with Gasteiger partial charge in [-0.3, -0.25) is 0 Å². The van der Waals surface area contributed by atoms with Gasteiger partial charge in [0.15, 0.2) is 0 Å². The number of benzene rings is 1. The number of alkyl halides is 1. The number of rotatable bonds is 6. The van der Waals surface area contributed by atoms with E-state index in [0.29, 0.717) is 16.7 Å². The Balaban J connectivity index is 2.38. The fraction of sp³-hybridized carbons (Fsp3) is 0.571. The first-order valence-electron chi connectivity index (χ1n) is 6.03. The highest BCUT2D eigenvalue weighted by Gasteiger charge is 2.18. The molecule has 1 rings (SSSR count). The van der Waals surface area contributed by atoms with Crippen molar-refractivity contribution in [2.24, 2.45) is 11.8 Å². The van der Waals surface area contributed by atoms with Gasteiger partial charge >= 0.3 is 0 Å². The molecule has 2 atom stereocenters. The first-order valence-corrected chi connectivity index (χ1v) is 7.74. The van der Waals surface area contributed by atoms with Gasteiger partial charge in [0.1, 0.15) is 5.75 Å². The molecule has 0 radical (unpaired) electrons. The van der Waals surface area contributed by atoms with E-state index in [9.17, 15) is 0 Å². The van der Waals surface area contributed by atoms with Crippen LogP contribution in [0.3, 0.4) is 0 Å². The maximum Gasteiger partial charge on any atom is 0.119 e. The van der Waals surface area contributed by atoms with E-state index in [2.05, 4.69) is 52.6 Å². The zero-order valence-corrected chi connectivity index (χ0v) is 13.8. The molecule has 96 valence electrons. The summed E-state index contributed by atoms with van der Waals surface area (Å²) in [5, 5.41) is 0. The number of ether oxygens (including phenoxy) is 1. The largest absolute Gasteiger partial charge is 0.494 e. The molecule has 1 aromatic carbocycles. The van der Waals surface area contributed by atoms with Crippen LogP contribution in [0.5, 0.6) is 5.75 Å². The van der Waals surface area contributed by atoms with Crippen molar-refractivity contribution in [2.75, 3.05) is 6.61 Å². The van der Waals surface area contributed by atoms with E-state index in [4.69, 9.17) is 4.74 Å². The molecule has 3 heteroatoms. The minimum Gasteiger partial charge on any atom is -0.494 e. The highest BCUT2D eigenvalue weighted by molar-refractivity contribution is 9.10. The van der Waals surface area contributed by atoms with E-state index in [-0.39, 0.29) is 0 Å². The maximum atomic E-state index is 5.75. The van der Waals surface area contributed by atoms with Crippen LogP contribution in [-0.2, 0) is 0 Å². The molecule has 0 aliphatic carbocycles. The van der Waals surface area contributed by atoms with Crippen molar-refractivity contribution in [1.82, 2.24) is 0 Å². The third-order valence-electron chi connectivity index (χ3n) is 2.98. The van der Waals surface area contributed by atoms with Crippen LogP contribution in [0.15, 0.2) is 28.7 Å². The van der Waals surface area contributed by atoms with Gasteiger partial charge in [0.05, 0.1) is 6.61 Å². The Hall–Kier alpha value is -0.0200. The standard InChI is InChI=1S/C14H20Br2O/c1-10(2)14(11(3)15)8-9-17-13-6-4-12(16)5-7-13/h4-7,10-11,14H,8-9H2,1-3H3. The lowest BCUT2D eigenvalue weighted by Gasteiger charge is -2.23. The molecule has 0 amide bonds. The van der Waals surface area contributed by atoms with E-state index < -0.39 is 0 Å². The zero-order chi connectivity index (χ0) is 12.8. The van der Waals surface area contributed by atoms with Crippen LogP contribution in [0.1, 0.15) is 27.2 Å². The minimum atomic E-state index is 0.538. The Morgan fingerprint density at radius 3 is 2.18 bits per heavy atom. The second-order valence-electron chi connectivity index (χ2n) is 4.68. The van der Waals surface area contributed by atoms with Gasteiger partial charge < -0.3 is 4.74 Å². The van der Waals surface area contributed by atoms with Crippen LogP contribution in [0.25, 0.3) is 0 Å². The minimum absolute atomic E-state index is 0.538. The third-order valence-corrected chi connectivity index (χ3v) is 4.19. The summed E-state index contributed by atoms with van der Waals surface area (Å²) >= 11 is 7.09. The van der Waals surface area contributed by atoms with Crippen molar-refractivity contribution in [3.05, 3.63) is 28.7 Å². The molecule has 0 saturated heterocycles. The Labute approximate surface area is 121 Å². The molecular weight excluding hydrogens is 344 g/mol. The maximum absolute atomic E-state index is 5.75. The fourth-order valence-corrected chi connectivity index (χ4v) is 3.08. The van der Waals surface area contributed by atoms with Gasteiger partial charge in [-0.15, -0.1) is 0 Å². The van der Waals surface area contributed by atoms with Crippen molar-refractivity contribution in [3.8, 4) is 5.75 Å². The van der Waals surface area contributed by atoms with E-state index >= 15 is 0 Å². The van der Waals surface area contributed by atoms with Gasteiger partial charge in [-0.1, -0.05) is 52.6 Å². The number of hydrogen-bond donors (Lipinski definition) is 0. The quantitative estimate of drug-likeness (QED) is 0.625. The van der Waals surface area contributed by atoms with Crippen molar-refractivity contribution in [1.29, 1.82) is 0 Å². The summed E-state index contributed by atoms with van der Waals surface area (Å²) in [5.41, 5.74) is 0. The highest BCUT2D eigenvalue weighted by Crippen LogP contribution is 2.25. The van der Waals surface area contributed by atoms with Crippen LogP contribution in [0.2, 0.25) is 0 Å². The van der Waals surface area contributed by atoms with E-state index in [0.717, 1.165) is 23.2 Å². The predicted molar refractivity (Wildman–Crippen MR) is 81.0 cm³/mol. The van der Waals surface area contributed by atoms with Gasteiger partial charge in [0.25, 0.3) is 0 Å². The average molecular weight is 364 g/mol. The predicted octanol–water partition coefficient (Wildman–Crippen LogP) is 5.27. The third kappa shape index (κ3) is 5.43. The normalized spacial score (nSPS) is 14.7. The Morgan fingerprint density at radius 1 is 1.12 bits per heavy atom. The molecule has 1 nitrogen and oxygen atoms in total. The lowest BCUT2D eigenvalue weighted by Crippen LogP contribution is -2.20. The van der Waals surface area contributed by atoms with Gasteiger partial charge in [-0.25, -0.2) is 0 Å². The SMILES string of the molecule is CC(C)C(CCOc1ccc(Br)cc1)C(C)Br. The molecular formula is C14H20Br2O. The first kappa shape index (κ1) is 15.0. The first-order chi connectivity index (χ1) is 8.00. The number of hydrogen-bond acceptors (Lipinski definition) is 1. The van der Waals surface area contributed by atoms with Crippen LogP contribution in [-0.4, -0.2) is 11.4 Å². The molecule has 1 aromatic rings. The summed E-state index contributed by atoms with van der Waals surface area (Å²) in [7, 11) is 0. The topological polar surface area (TPSA) is 9.23 Å². The van der Waals surface area contributed by atoms with Crippen molar-refractivity contribution in [2.45, 2.75) is 32.0 Å². The van der Waals surface area contributed by atoms with Gasteiger partial charge in [-0.05, 0) is 42.5 Å². The molecule has 2 unspecified atom stereocenters. The molecule has 0 fully saturated rings. The molecule has 0 aromatic heterocycles. The van der Waals surface area contributed by atoms with Crippen molar-refractivity contribution in [3.63, 3.8) is 0 Å². The second kappa shape index (κ2) is 7.42. The van der Waals surface area contributed by atoms with Crippen molar-refractivity contribution >= 4 is 31.9 Å². The number of halogens is 2. The molecule has 0 heterocycles. The average Bonchev–Trinajstić information content (AvgIpc) is 2.25. The summed E-state index contributed by atoms with van der Waals surface area (Å²) in [6.45, 7) is 7.52. The summed E-state index contributed by atoms with van der Waals surface area (Å²) in [6.07, 6.45) is 1.08. The summed E-state index contributed by atoms with van der Waals surface area (Å²) in [6, 6.07) is 7.99. The van der Waals surface area contributed by atoms with Crippen LogP contribution < -0.4 is 4.74 Å². The molecule has 0 spiro atoms. The smallest absolute Gasteiger partial charge is 0.119 e.